The van der Waals surface area contributed by atoms with Crippen LogP contribution in [0.2, 0.25) is 0 Å². The number of rotatable bonds is 6. The van der Waals surface area contributed by atoms with Crippen LogP contribution in [0.1, 0.15) is 26.2 Å². The summed E-state index contributed by atoms with van der Waals surface area (Å²) < 4.78 is 18.6. The Hall–Kier alpha value is -2.56. The van der Waals surface area contributed by atoms with Crippen LogP contribution in [0.5, 0.6) is 5.75 Å². The van der Waals surface area contributed by atoms with Crippen LogP contribution < -0.4 is 15.0 Å². The lowest BCUT2D eigenvalue weighted by molar-refractivity contribution is -0.122. The molecule has 5 heteroatoms. The second kappa shape index (κ2) is 8.01. The number of hydrogen-bond donors (Lipinski definition) is 1. The number of benzene rings is 2. The van der Waals surface area contributed by atoms with Crippen LogP contribution in [0.4, 0.5) is 15.8 Å². The Bertz CT molecular complexity index is 695. The fourth-order valence-electron chi connectivity index (χ4n) is 2.95. The van der Waals surface area contributed by atoms with Gasteiger partial charge in [0.25, 0.3) is 5.91 Å². The molecule has 2 aromatic rings. The predicted octanol–water partition coefficient (Wildman–Crippen LogP) is 4.22. The summed E-state index contributed by atoms with van der Waals surface area (Å²) in [5, 5.41) is 2.89. The van der Waals surface area contributed by atoms with Gasteiger partial charge in [-0.05, 0) is 67.8 Å². The van der Waals surface area contributed by atoms with E-state index in [0.29, 0.717) is 12.2 Å². The highest BCUT2D eigenvalue weighted by Crippen LogP contribution is 2.22. The van der Waals surface area contributed by atoms with Crippen molar-refractivity contribution in [1.82, 2.24) is 0 Å². The van der Waals surface area contributed by atoms with Gasteiger partial charge in [-0.1, -0.05) is 6.92 Å². The molecule has 1 N–H and O–H groups in total. The van der Waals surface area contributed by atoms with Crippen molar-refractivity contribution >= 4 is 17.3 Å². The zero-order valence-corrected chi connectivity index (χ0v) is 14.4. The number of carbonyl (C=O) groups is 1. The van der Waals surface area contributed by atoms with Gasteiger partial charge >= 0.3 is 0 Å². The lowest BCUT2D eigenvalue weighted by Gasteiger charge is -2.19. The van der Waals surface area contributed by atoms with Crippen LogP contribution >= 0.6 is 0 Å². The summed E-state index contributed by atoms with van der Waals surface area (Å²) >= 11 is 0. The molecular formula is C20H23FN2O2. The first-order valence-electron chi connectivity index (χ1n) is 8.74. The Balaban J connectivity index is 1.60. The molecule has 2 aromatic carbocycles. The quantitative estimate of drug-likeness (QED) is 0.854. The number of hydrogen-bond acceptors (Lipinski definition) is 3. The second-order valence-corrected chi connectivity index (χ2v) is 6.20. The number of anilines is 2. The third-order valence-corrected chi connectivity index (χ3v) is 4.36. The van der Waals surface area contributed by atoms with E-state index in [0.717, 1.165) is 18.8 Å². The monoisotopic (exact) mass is 342 g/mol. The highest BCUT2D eigenvalue weighted by atomic mass is 19.1. The Kier molecular flexibility index (Phi) is 5.53. The summed E-state index contributed by atoms with van der Waals surface area (Å²) in [5.41, 5.74) is 1.93. The molecular weight excluding hydrogens is 319 g/mol. The number of halogens is 1. The van der Waals surface area contributed by atoms with Gasteiger partial charge in [-0.15, -0.1) is 0 Å². The van der Waals surface area contributed by atoms with Crippen molar-refractivity contribution < 1.29 is 13.9 Å². The minimum Gasteiger partial charge on any atom is -0.481 e. The van der Waals surface area contributed by atoms with Crippen molar-refractivity contribution in [2.75, 3.05) is 23.3 Å². The van der Waals surface area contributed by atoms with E-state index in [1.54, 1.807) is 0 Å². The Morgan fingerprint density at radius 2 is 1.76 bits per heavy atom. The normalized spacial score (nSPS) is 15.0. The van der Waals surface area contributed by atoms with Gasteiger partial charge in [0.05, 0.1) is 0 Å². The topological polar surface area (TPSA) is 41.6 Å². The number of nitrogens with one attached hydrogen (secondary N) is 1. The molecule has 4 nitrogen and oxygen atoms in total. The Labute approximate surface area is 147 Å². The molecule has 1 fully saturated rings. The fraction of sp³-hybridized carbons (Fsp3) is 0.350. The van der Waals surface area contributed by atoms with E-state index in [9.17, 15) is 9.18 Å². The van der Waals surface area contributed by atoms with E-state index in [1.165, 1.54) is 42.8 Å². The van der Waals surface area contributed by atoms with Crippen LogP contribution in [-0.4, -0.2) is 25.1 Å². The molecule has 132 valence electrons. The summed E-state index contributed by atoms with van der Waals surface area (Å²) in [4.78, 5) is 14.8. The van der Waals surface area contributed by atoms with Crippen LogP contribution in [0.25, 0.3) is 0 Å². The van der Waals surface area contributed by atoms with E-state index in [4.69, 9.17) is 4.74 Å². The van der Waals surface area contributed by atoms with Gasteiger partial charge in [-0.2, -0.15) is 0 Å². The first-order valence-corrected chi connectivity index (χ1v) is 8.74. The summed E-state index contributed by atoms with van der Waals surface area (Å²) in [6, 6.07) is 13.6. The van der Waals surface area contributed by atoms with Gasteiger partial charge in [0.15, 0.2) is 6.10 Å². The van der Waals surface area contributed by atoms with Gasteiger partial charge in [-0.25, -0.2) is 4.39 Å². The number of carbonyl (C=O) groups excluding carboxylic acids is 1. The first kappa shape index (κ1) is 17.3. The summed E-state index contributed by atoms with van der Waals surface area (Å²) in [6.45, 7) is 4.06. The van der Waals surface area contributed by atoms with E-state index in [2.05, 4.69) is 10.2 Å². The van der Waals surface area contributed by atoms with Crippen LogP contribution in [-0.2, 0) is 4.79 Å². The molecule has 1 atom stereocenters. The van der Waals surface area contributed by atoms with Crippen LogP contribution in [0.3, 0.4) is 0 Å². The van der Waals surface area contributed by atoms with E-state index in [1.807, 2.05) is 31.2 Å². The third kappa shape index (κ3) is 4.50. The Morgan fingerprint density at radius 1 is 1.12 bits per heavy atom. The maximum Gasteiger partial charge on any atom is 0.265 e. The first-order chi connectivity index (χ1) is 12.2. The number of amides is 1. The summed E-state index contributed by atoms with van der Waals surface area (Å²) in [6.07, 6.45) is 2.37. The number of nitrogens with zero attached hydrogens (tertiary/aromatic N) is 1. The maximum absolute atomic E-state index is 13.0. The van der Waals surface area contributed by atoms with E-state index in [-0.39, 0.29) is 11.7 Å². The summed E-state index contributed by atoms with van der Waals surface area (Å²) in [7, 11) is 0. The molecule has 3 rings (SSSR count). The highest BCUT2D eigenvalue weighted by molar-refractivity contribution is 5.94. The average molecular weight is 342 g/mol. The molecule has 0 radical (unpaired) electrons. The van der Waals surface area contributed by atoms with Crippen LogP contribution in [0, 0.1) is 5.82 Å². The highest BCUT2D eigenvalue weighted by Gasteiger charge is 2.19. The van der Waals surface area contributed by atoms with Gasteiger partial charge in [0.1, 0.15) is 11.6 Å². The van der Waals surface area contributed by atoms with Crippen LogP contribution in [0.15, 0.2) is 48.5 Å². The fourth-order valence-corrected chi connectivity index (χ4v) is 2.95. The van der Waals surface area contributed by atoms with Gasteiger partial charge < -0.3 is 15.0 Å². The third-order valence-electron chi connectivity index (χ3n) is 4.36. The van der Waals surface area contributed by atoms with Crippen molar-refractivity contribution in [2.24, 2.45) is 0 Å². The molecule has 0 spiro atoms. The number of ether oxygens (including phenoxy) is 1. The molecule has 1 amide bonds. The zero-order chi connectivity index (χ0) is 17.6. The molecule has 0 saturated carbocycles. The van der Waals surface area contributed by atoms with Crippen molar-refractivity contribution in [1.29, 1.82) is 0 Å². The standard InChI is InChI=1S/C20H23FN2O2/c1-2-19(25-18-11-5-15(21)6-12-18)20(24)22-16-7-9-17(10-8-16)23-13-3-4-14-23/h5-12,19H,2-4,13-14H2,1H3,(H,22,24)/t19-/m0/s1. The molecule has 25 heavy (non-hydrogen) atoms. The van der Waals surface area contributed by atoms with E-state index >= 15 is 0 Å². The lowest BCUT2D eigenvalue weighted by Crippen LogP contribution is -2.32. The molecule has 1 aliphatic heterocycles. The maximum atomic E-state index is 13.0. The lowest BCUT2D eigenvalue weighted by atomic mass is 10.2. The van der Waals surface area contributed by atoms with Gasteiger partial charge in [0, 0.05) is 24.5 Å². The minimum atomic E-state index is -0.622. The smallest absolute Gasteiger partial charge is 0.265 e. The largest absolute Gasteiger partial charge is 0.481 e. The summed E-state index contributed by atoms with van der Waals surface area (Å²) in [5.74, 6) is -0.0588. The van der Waals surface area contributed by atoms with E-state index < -0.39 is 6.10 Å². The minimum absolute atomic E-state index is 0.208. The Morgan fingerprint density at radius 3 is 2.36 bits per heavy atom. The van der Waals surface area contributed by atoms with Crippen molar-refractivity contribution in [3.05, 3.63) is 54.3 Å². The molecule has 0 aliphatic carbocycles. The van der Waals surface area contributed by atoms with Gasteiger partial charge in [-0.3, -0.25) is 4.79 Å². The molecule has 1 heterocycles. The second-order valence-electron chi connectivity index (χ2n) is 6.20. The zero-order valence-electron chi connectivity index (χ0n) is 14.4. The van der Waals surface area contributed by atoms with Crippen molar-refractivity contribution in [3.63, 3.8) is 0 Å². The molecule has 1 saturated heterocycles. The van der Waals surface area contributed by atoms with Crippen molar-refractivity contribution in [3.8, 4) is 5.75 Å². The average Bonchev–Trinajstić information content (AvgIpc) is 3.16. The molecule has 0 unspecified atom stereocenters. The molecule has 0 bridgehead atoms. The molecule has 0 aromatic heterocycles. The SMILES string of the molecule is CC[C@H](Oc1ccc(F)cc1)C(=O)Nc1ccc(N2CCCC2)cc1. The van der Waals surface area contributed by atoms with Crippen molar-refractivity contribution in [2.45, 2.75) is 32.3 Å². The predicted molar refractivity (Wildman–Crippen MR) is 97.6 cm³/mol. The molecule has 1 aliphatic rings. The van der Waals surface area contributed by atoms with Gasteiger partial charge in [0.2, 0.25) is 0 Å².